The van der Waals surface area contributed by atoms with Gasteiger partial charge < -0.3 is 15.3 Å². The molecule has 8 heteroatoms. The van der Waals surface area contributed by atoms with Crippen LogP contribution in [0.3, 0.4) is 0 Å². The van der Waals surface area contributed by atoms with Crippen LogP contribution >= 0.6 is 0 Å². The van der Waals surface area contributed by atoms with Crippen LogP contribution in [0.1, 0.15) is 52.5 Å². The lowest BCUT2D eigenvalue weighted by Gasteiger charge is -2.38. The third-order valence-electron chi connectivity index (χ3n) is 6.67. The van der Waals surface area contributed by atoms with Gasteiger partial charge in [0.2, 0.25) is 5.91 Å². The molecule has 1 saturated heterocycles. The number of fused-ring (bicyclic) bond motifs is 1. The van der Waals surface area contributed by atoms with E-state index < -0.39 is 29.5 Å². The van der Waals surface area contributed by atoms with Gasteiger partial charge >= 0.3 is 0 Å². The van der Waals surface area contributed by atoms with Gasteiger partial charge in [0.05, 0.1) is 22.7 Å². The van der Waals surface area contributed by atoms with Gasteiger partial charge in [0.1, 0.15) is 5.83 Å². The maximum atomic E-state index is 14.9. The summed E-state index contributed by atoms with van der Waals surface area (Å²) < 4.78 is 41.5. The first-order chi connectivity index (χ1) is 17.2. The average molecular weight is 502 g/mol. The second-order valence-corrected chi connectivity index (χ2v) is 8.86. The van der Waals surface area contributed by atoms with E-state index in [9.17, 15) is 23.1 Å². The number of aliphatic hydroxyl groups is 1. The summed E-state index contributed by atoms with van der Waals surface area (Å²) in [7, 11) is 0. The molecule has 2 N–H and O–H groups in total. The van der Waals surface area contributed by atoms with Crippen molar-refractivity contribution in [3.8, 4) is 0 Å². The number of carbonyl (C=O) groups is 1. The molecule has 0 saturated carbocycles. The number of nitrogens with one attached hydrogen (secondary N) is 1. The molecule has 36 heavy (non-hydrogen) atoms. The predicted octanol–water partition coefficient (Wildman–Crippen LogP) is 6.27. The van der Waals surface area contributed by atoms with Gasteiger partial charge in [0.25, 0.3) is 6.43 Å². The molecule has 2 aliphatic rings. The zero-order valence-electron chi connectivity index (χ0n) is 21.2. The van der Waals surface area contributed by atoms with Crippen LogP contribution in [0.4, 0.5) is 18.9 Å². The van der Waals surface area contributed by atoms with Crippen LogP contribution in [0.25, 0.3) is 10.9 Å². The number of piperidine rings is 1. The number of rotatable bonds is 5. The highest BCUT2D eigenvalue weighted by Gasteiger charge is 2.35. The average Bonchev–Trinajstić information content (AvgIpc) is 3.07. The van der Waals surface area contributed by atoms with E-state index in [2.05, 4.69) is 10.3 Å². The van der Waals surface area contributed by atoms with Crippen molar-refractivity contribution in [2.45, 2.75) is 65.0 Å². The summed E-state index contributed by atoms with van der Waals surface area (Å²) in [5.74, 6) is -0.918. The van der Waals surface area contributed by atoms with Crippen molar-refractivity contribution < 1.29 is 23.1 Å². The second-order valence-electron chi connectivity index (χ2n) is 8.86. The molecule has 0 unspecified atom stereocenters. The molecule has 0 bridgehead atoms. The number of likely N-dealkylation sites (tertiary alicyclic amines) is 1. The van der Waals surface area contributed by atoms with Crippen LogP contribution in [0.15, 0.2) is 65.7 Å². The Bertz CT molecular complexity index is 1180. The molecule has 2 heterocycles. The zero-order chi connectivity index (χ0) is 26.5. The Kier molecular flexibility index (Phi) is 8.95. The maximum Gasteiger partial charge on any atom is 0.266 e. The van der Waals surface area contributed by atoms with Crippen molar-refractivity contribution in [2.24, 2.45) is 0 Å². The maximum absolute atomic E-state index is 14.9. The number of nitrogens with zero attached hydrogens (tertiary/aromatic N) is 2. The number of anilines is 1. The van der Waals surface area contributed by atoms with Crippen LogP contribution in [-0.2, 0) is 10.4 Å². The van der Waals surface area contributed by atoms with Crippen molar-refractivity contribution in [3.05, 3.63) is 71.2 Å². The summed E-state index contributed by atoms with van der Waals surface area (Å²) in [5.41, 5.74) is 0.557. The first-order valence-electron chi connectivity index (χ1n) is 12.4. The van der Waals surface area contributed by atoms with Gasteiger partial charge in [-0.15, -0.1) is 0 Å². The Morgan fingerprint density at radius 2 is 1.89 bits per heavy atom. The minimum Gasteiger partial charge on any atom is -0.385 e. The molecule has 1 aromatic carbocycles. The van der Waals surface area contributed by atoms with Crippen molar-refractivity contribution in [3.63, 3.8) is 0 Å². The van der Waals surface area contributed by atoms with Gasteiger partial charge in [-0.1, -0.05) is 38.1 Å². The van der Waals surface area contributed by atoms with Crippen LogP contribution in [-0.4, -0.2) is 46.5 Å². The number of hydrogen-bond donors (Lipinski definition) is 2. The Morgan fingerprint density at radius 3 is 2.53 bits per heavy atom. The number of pyridine rings is 1. The molecule has 1 aromatic heterocycles. The Hall–Kier alpha value is -3.13. The highest BCUT2D eigenvalue weighted by molar-refractivity contribution is 5.92. The van der Waals surface area contributed by atoms with Crippen molar-refractivity contribution >= 4 is 22.5 Å². The molecule has 0 radical (unpaired) electrons. The Morgan fingerprint density at radius 1 is 1.19 bits per heavy atom. The van der Waals surface area contributed by atoms with E-state index in [1.165, 1.54) is 13.0 Å². The number of benzene rings is 1. The molecule has 1 aliphatic heterocycles. The lowest BCUT2D eigenvalue weighted by Crippen LogP contribution is -2.44. The quantitative estimate of drug-likeness (QED) is 0.507. The molecule has 1 atom stereocenters. The lowest BCUT2D eigenvalue weighted by molar-refractivity contribution is -0.133. The number of hydrogen-bond acceptors (Lipinski definition) is 4. The van der Waals surface area contributed by atoms with E-state index in [0.29, 0.717) is 43.6 Å². The number of allylic oxidation sites excluding steroid dienone is 4. The fourth-order valence-corrected chi connectivity index (χ4v) is 4.61. The van der Waals surface area contributed by atoms with Crippen LogP contribution in [0.2, 0.25) is 0 Å². The molecule has 2 aromatic rings. The second kappa shape index (κ2) is 11.7. The fourth-order valence-electron chi connectivity index (χ4n) is 4.61. The summed E-state index contributed by atoms with van der Waals surface area (Å²) >= 11 is 0. The van der Waals surface area contributed by atoms with E-state index in [0.717, 1.165) is 17.0 Å². The molecule has 1 aliphatic carbocycles. The van der Waals surface area contributed by atoms with Crippen molar-refractivity contribution in [1.29, 1.82) is 0 Å². The van der Waals surface area contributed by atoms with E-state index in [1.54, 1.807) is 30.2 Å². The molecule has 5 nitrogen and oxygen atoms in total. The van der Waals surface area contributed by atoms with Crippen LogP contribution < -0.4 is 5.32 Å². The van der Waals surface area contributed by atoms with Crippen molar-refractivity contribution in [1.82, 2.24) is 9.88 Å². The van der Waals surface area contributed by atoms with E-state index in [1.807, 2.05) is 32.0 Å². The normalized spacial score (nSPS) is 18.4. The minimum atomic E-state index is -2.90. The third-order valence-corrected chi connectivity index (χ3v) is 6.67. The standard InChI is InChI=1S/C26H28F3N3O2.C2H6/c1-16(19-5-3-4-6-20(24(19)27)25(28)29)31-23-9-12-30-22-8-7-18(15-21(22)23)26(34)10-13-32(14-11-26)17(2)33;1-2/h4-9,12,15-16,25,34H,3,10-11,13-14H2,1-2H3,(H,30,31);1-2H3/t16-;/m1./s1. The summed E-state index contributed by atoms with van der Waals surface area (Å²) in [6.45, 7) is 8.19. The highest BCUT2D eigenvalue weighted by atomic mass is 19.3. The number of carbonyl (C=O) groups excluding carboxylic acids is 1. The summed E-state index contributed by atoms with van der Waals surface area (Å²) in [6.07, 6.45) is 4.19. The monoisotopic (exact) mass is 501 g/mol. The van der Waals surface area contributed by atoms with Crippen LogP contribution in [0, 0.1) is 0 Å². The van der Waals surface area contributed by atoms with E-state index in [4.69, 9.17) is 0 Å². The molecule has 1 amide bonds. The number of amides is 1. The van der Waals surface area contributed by atoms with Gasteiger partial charge in [-0.3, -0.25) is 9.78 Å². The minimum absolute atomic E-state index is 0.00969. The summed E-state index contributed by atoms with van der Waals surface area (Å²) in [4.78, 5) is 17.8. The first-order valence-corrected chi connectivity index (χ1v) is 12.4. The predicted molar refractivity (Wildman–Crippen MR) is 138 cm³/mol. The summed E-state index contributed by atoms with van der Waals surface area (Å²) in [6, 6.07) is 6.68. The third kappa shape index (κ3) is 5.81. The van der Waals surface area contributed by atoms with Crippen molar-refractivity contribution in [2.75, 3.05) is 18.4 Å². The highest BCUT2D eigenvalue weighted by Crippen LogP contribution is 2.36. The summed E-state index contributed by atoms with van der Waals surface area (Å²) in [5, 5.41) is 15.3. The van der Waals surface area contributed by atoms with E-state index in [-0.39, 0.29) is 11.5 Å². The Balaban J connectivity index is 0.00000176. The molecule has 194 valence electrons. The van der Waals surface area contributed by atoms with E-state index >= 15 is 0 Å². The van der Waals surface area contributed by atoms with Crippen LogP contribution in [0.5, 0.6) is 0 Å². The number of aromatic nitrogens is 1. The zero-order valence-corrected chi connectivity index (χ0v) is 21.2. The lowest BCUT2D eigenvalue weighted by atomic mass is 9.83. The van der Waals surface area contributed by atoms with Gasteiger partial charge in [0.15, 0.2) is 0 Å². The number of alkyl halides is 2. The first kappa shape index (κ1) is 27.5. The van der Waals surface area contributed by atoms with Gasteiger partial charge in [-0.05, 0) is 49.9 Å². The largest absolute Gasteiger partial charge is 0.385 e. The molecule has 1 fully saturated rings. The Labute approximate surface area is 210 Å². The van der Waals surface area contributed by atoms with Gasteiger partial charge in [-0.2, -0.15) is 0 Å². The number of halogens is 3. The molecular weight excluding hydrogens is 467 g/mol. The molecule has 4 rings (SSSR count). The van der Waals surface area contributed by atoms with Gasteiger partial charge in [-0.25, -0.2) is 13.2 Å². The fraction of sp³-hybridized carbons (Fsp3) is 0.429. The molecular formula is C28H34F3N3O2. The molecule has 0 spiro atoms. The van der Waals surface area contributed by atoms with Gasteiger partial charge in [0, 0.05) is 42.9 Å². The topological polar surface area (TPSA) is 65.5 Å². The smallest absolute Gasteiger partial charge is 0.266 e. The SMILES string of the molecule is CC.CC(=O)N1CCC(O)(c2ccc3nccc(N[C@H](C)C4=CCC=CC(C(F)F)=C4F)c3c2)CC1.